The molecule has 0 aliphatic carbocycles. The van der Waals surface area contributed by atoms with Crippen molar-refractivity contribution < 1.29 is 4.79 Å². The van der Waals surface area contributed by atoms with E-state index in [0.717, 1.165) is 36.2 Å². The van der Waals surface area contributed by atoms with Gasteiger partial charge in [0.05, 0.1) is 0 Å². The van der Waals surface area contributed by atoms with Crippen LogP contribution in [0.5, 0.6) is 0 Å². The third-order valence-corrected chi connectivity index (χ3v) is 3.34. The van der Waals surface area contributed by atoms with Gasteiger partial charge in [-0.05, 0) is 43.2 Å². The van der Waals surface area contributed by atoms with Crippen molar-refractivity contribution in [1.82, 2.24) is 0 Å². The highest BCUT2D eigenvalue weighted by molar-refractivity contribution is 5.78. The van der Waals surface area contributed by atoms with Crippen LogP contribution in [0.3, 0.4) is 0 Å². The molecule has 2 aromatic rings. The maximum atomic E-state index is 10.9. The Bertz CT molecular complexity index is 548. The fraction of sp³-hybridized carbons (Fsp3) is 0.235. The van der Waals surface area contributed by atoms with Gasteiger partial charge in [0.2, 0.25) is 0 Å². The Kier molecular flexibility index (Phi) is 4.35. The molecule has 0 aliphatic heterocycles. The van der Waals surface area contributed by atoms with E-state index in [1.807, 2.05) is 25.1 Å². The zero-order valence-electron chi connectivity index (χ0n) is 11.5. The molecule has 2 nitrogen and oxygen atoms in total. The minimum Gasteiger partial charge on any atom is -0.367 e. The van der Waals surface area contributed by atoms with Gasteiger partial charge in [-0.15, -0.1) is 0 Å². The summed E-state index contributed by atoms with van der Waals surface area (Å²) in [7, 11) is 0. The fourth-order valence-electron chi connectivity index (χ4n) is 2.18. The average molecular weight is 253 g/mol. The van der Waals surface area contributed by atoms with Gasteiger partial charge in [0.1, 0.15) is 6.29 Å². The standard InChI is InChI=1S/C17H19NO/c1-3-18(12-15-7-5-4-6-8-15)17-10-9-16(13-19)14(2)11-17/h4-11,13H,3,12H2,1-2H3. The number of hydrogen-bond donors (Lipinski definition) is 0. The molecule has 0 spiro atoms. The van der Waals surface area contributed by atoms with E-state index in [1.165, 1.54) is 5.56 Å². The lowest BCUT2D eigenvalue weighted by Gasteiger charge is -2.24. The normalized spacial score (nSPS) is 10.2. The van der Waals surface area contributed by atoms with Crippen molar-refractivity contribution in [3.8, 4) is 0 Å². The molecule has 0 radical (unpaired) electrons. The molecule has 0 atom stereocenters. The zero-order chi connectivity index (χ0) is 13.7. The monoisotopic (exact) mass is 253 g/mol. The fourth-order valence-corrected chi connectivity index (χ4v) is 2.18. The zero-order valence-corrected chi connectivity index (χ0v) is 11.5. The van der Waals surface area contributed by atoms with Gasteiger partial charge in [0.25, 0.3) is 0 Å². The van der Waals surface area contributed by atoms with Crippen LogP contribution in [0.2, 0.25) is 0 Å². The molecule has 0 saturated heterocycles. The summed E-state index contributed by atoms with van der Waals surface area (Å²) in [5.74, 6) is 0. The van der Waals surface area contributed by atoms with Crippen LogP contribution in [-0.4, -0.2) is 12.8 Å². The van der Waals surface area contributed by atoms with Crippen molar-refractivity contribution in [3.63, 3.8) is 0 Å². The van der Waals surface area contributed by atoms with Gasteiger partial charge < -0.3 is 4.90 Å². The van der Waals surface area contributed by atoms with Crippen LogP contribution in [0, 0.1) is 6.92 Å². The summed E-state index contributed by atoms with van der Waals surface area (Å²) in [4.78, 5) is 13.2. The molecule has 0 amide bonds. The first-order valence-corrected chi connectivity index (χ1v) is 6.59. The van der Waals surface area contributed by atoms with Crippen molar-refractivity contribution in [2.45, 2.75) is 20.4 Å². The Morgan fingerprint density at radius 3 is 2.42 bits per heavy atom. The topological polar surface area (TPSA) is 20.3 Å². The smallest absolute Gasteiger partial charge is 0.150 e. The summed E-state index contributed by atoms with van der Waals surface area (Å²) < 4.78 is 0. The summed E-state index contributed by atoms with van der Waals surface area (Å²) in [6, 6.07) is 16.4. The highest BCUT2D eigenvalue weighted by Gasteiger charge is 2.07. The Morgan fingerprint density at radius 2 is 1.84 bits per heavy atom. The van der Waals surface area contributed by atoms with Crippen LogP contribution in [-0.2, 0) is 6.54 Å². The van der Waals surface area contributed by atoms with Gasteiger partial charge in [0, 0.05) is 24.3 Å². The molecule has 0 fully saturated rings. The number of nitrogens with zero attached hydrogens (tertiary/aromatic N) is 1. The minimum atomic E-state index is 0.763. The van der Waals surface area contributed by atoms with Crippen molar-refractivity contribution in [1.29, 1.82) is 0 Å². The van der Waals surface area contributed by atoms with Crippen LogP contribution in [0.25, 0.3) is 0 Å². The summed E-state index contributed by atoms with van der Waals surface area (Å²) in [6.07, 6.45) is 0.909. The summed E-state index contributed by atoms with van der Waals surface area (Å²) in [5.41, 5.74) is 4.24. The Morgan fingerprint density at radius 1 is 1.11 bits per heavy atom. The molecule has 2 aromatic carbocycles. The first kappa shape index (κ1) is 13.3. The van der Waals surface area contributed by atoms with Crippen molar-refractivity contribution in [2.24, 2.45) is 0 Å². The lowest BCUT2D eigenvalue weighted by atomic mass is 10.1. The lowest BCUT2D eigenvalue weighted by Crippen LogP contribution is -2.22. The molecule has 0 bridgehead atoms. The van der Waals surface area contributed by atoms with Crippen LogP contribution < -0.4 is 4.90 Å². The predicted molar refractivity (Wildman–Crippen MR) is 79.7 cm³/mol. The second-order valence-electron chi connectivity index (χ2n) is 4.66. The first-order chi connectivity index (χ1) is 9.24. The molecule has 2 heteroatoms. The van der Waals surface area contributed by atoms with Crippen molar-refractivity contribution in [2.75, 3.05) is 11.4 Å². The highest BCUT2D eigenvalue weighted by atomic mass is 16.1. The third-order valence-electron chi connectivity index (χ3n) is 3.34. The van der Waals surface area contributed by atoms with Crippen molar-refractivity contribution >= 4 is 12.0 Å². The van der Waals surface area contributed by atoms with Gasteiger partial charge in [-0.3, -0.25) is 4.79 Å². The number of aldehydes is 1. The average Bonchev–Trinajstić information content (AvgIpc) is 2.46. The number of carbonyl (C=O) groups is 1. The van der Waals surface area contributed by atoms with Crippen molar-refractivity contribution in [3.05, 3.63) is 65.2 Å². The predicted octanol–water partition coefficient (Wildman–Crippen LogP) is 3.83. The quantitative estimate of drug-likeness (QED) is 0.755. The largest absolute Gasteiger partial charge is 0.367 e. The summed E-state index contributed by atoms with van der Waals surface area (Å²) in [6.45, 7) is 5.95. The summed E-state index contributed by atoms with van der Waals surface area (Å²) in [5, 5.41) is 0. The number of hydrogen-bond acceptors (Lipinski definition) is 2. The van der Waals surface area contributed by atoms with Gasteiger partial charge in [-0.25, -0.2) is 0 Å². The molecular formula is C17H19NO. The van der Waals surface area contributed by atoms with Crippen LogP contribution >= 0.6 is 0 Å². The molecule has 98 valence electrons. The van der Waals surface area contributed by atoms with E-state index in [4.69, 9.17) is 0 Å². The van der Waals surface area contributed by atoms with E-state index in [1.54, 1.807) is 0 Å². The van der Waals surface area contributed by atoms with E-state index in [9.17, 15) is 4.79 Å². The Hall–Kier alpha value is -2.09. The van der Waals surface area contributed by atoms with Gasteiger partial charge in [0.15, 0.2) is 0 Å². The second-order valence-corrected chi connectivity index (χ2v) is 4.66. The van der Waals surface area contributed by atoms with E-state index in [-0.39, 0.29) is 0 Å². The SMILES string of the molecule is CCN(Cc1ccccc1)c1ccc(C=O)c(C)c1. The first-order valence-electron chi connectivity index (χ1n) is 6.59. The van der Waals surface area contributed by atoms with E-state index in [2.05, 4.69) is 42.2 Å². The maximum absolute atomic E-state index is 10.9. The molecule has 2 rings (SSSR count). The maximum Gasteiger partial charge on any atom is 0.150 e. The molecule has 0 aliphatic rings. The Balaban J connectivity index is 2.22. The number of anilines is 1. The molecule has 0 saturated carbocycles. The number of rotatable bonds is 5. The van der Waals surface area contributed by atoms with Gasteiger partial charge in [-0.1, -0.05) is 30.3 Å². The molecule has 0 N–H and O–H groups in total. The van der Waals surface area contributed by atoms with E-state index >= 15 is 0 Å². The van der Waals surface area contributed by atoms with E-state index < -0.39 is 0 Å². The van der Waals surface area contributed by atoms with Gasteiger partial charge >= 0.3 is 0 Å². The molecule has 0 aromatic heterocycles. The number of carbonyl (C=O) groups excluding carboxylic acids is 1. The highest BCUT2D eigenvalue weighted by Crippen LogP contribution is 2.20. The van der Waals surface area contributed by atoms with Crippen LogP contribution in [0.15, 0.2) is 48.5 Å². The Labute approximate surface area is 114 Å². The molecule has 0 unspecified atom stereocenters. The second kappa shape index (κ2) is 6.19. The summed E-state index contributed by atoms with van der Waals surface area (Å²) >= 11 is 0. The molecule has 0 heterocycles. The molecular weight excluding hydrogens is 234 g/mol. The third kappa shape index (κ3) is 3.22. The van der Waals surface area contributed by atoms with Gasteiger partial charge in [-0.2, -0.15) is 0 Å². The molecule has 19 heavy (non-hydrogen) atoms. The number of aryl methyl sites for hydroxylation is 1. The van der Waals surface area contributed by atoms with Crippen LogP contribution in [0.1, 0.15) is 28.4 Å². The minimum absolute atomic E-state index is 0.763. The number of benzene rings is 2. The van der Waals surface area contributed by atoms with Crippen LogP contribution in [0.4, 0.5) is 5.69 Å². The van der Waals surface area contributed by atoms with E-state index in [0.29, 0.717) is 0 Å². The lowest BCUT2D eigenvalue weighted by molar-refractivity contribution is 0.112.